The number of nitrogens with one attached hydrogen (secondary N) is 1. The first-order valence-corrected chi connectivity index (χ1v) is 10.5. The van der Waals surface area contributed by atoms with Crippen molar-refractivity contribution in [2.45, 2.75) is 20.1 Å². The Morgan fingerprint density at radius 2 is 1.77 bits per heavy atom. The van der Waals surface area contributed by atoms with E-state index in [-0.39, 0.29) is 5.97 Å². The van der Waals surface area contributed by atoms with Crippen LogP contribution < -0.4 is 14.8 Å². The maximum Gasteiger partial charge on any atom is 0.338 e. The molecule has 0 radical (unpaired) electrons. The molecule has 0 aliphatic carbocycles. The molecule has 0 aliphatic heterocycles. The molecule has 0 bridgehead atoms. The van der Waals surface area contributed by atoms with Crippen LogP contribution in [0.25, 0.3) is 0 Å². The predicted molar refractivity (Wildman–Crippen MR) is 124 cm³/mol. The maximum atomic E-state index is 11.8. The highest BCUT2D eigenvalue weighted by Gasteiger charge is 2.12. The molecule has 31 heavy (non-hydrogen) atoms. The van der Waals surface area contributed by atoms with Crippen LogP contribution in [0.3, 0.4) is 0 Å². The van der Waals surface area contributed by atoms with E-state index in [1.165, 1.54) is 0 Å². The van der Waals surface area contributed by atoms with Crippen LogP contribution in [0.4, 0.5) is 5.69 Å². The first-order chi connectivity index (χ1) is 15.0. The third-order valence-electron chi connectivity index (χ3n) is 4.50. The Labute approximate surface area is 191 Å². The summed E-state index contributed by atoms with van der Waals surface area (Å²) in [7, 11) is 1.58. The third kappa shape index (κ3) is 6.29. The van der Waals surface area contributed by atoms with Gasteiger partial charge in [-0.15, -0.1) is 0 Å². The van der Waals surface area contributed by atoms with E-state index in [0.717, 1.165) is 16.8 Å². The van der Waals surface area contributed by atoms with Gasteiger partial charge in [0.2, 0.25) is 0 Å². The average molecular weight is 460 g/mol. The molecule has 0 heterocycles. The molecule has 3 rings (SSSR count). The first-order valence-electron chi connectivity index (χ1n) is 9.75. The van der Waals surface area contributed by atoms with E-state index >= 15 is 0 Å². The molecule has 1 N–H and O–H groups in total. The molecule has 0 aromatic heterocycles. The van der Waals surface area contributed by atoms with Crippen LogP contribution in [-0.2, 0) is 17.9 Å². The van der Waals surface area contributed by atoms with Gasteiger partial charge in [0, 0.05) is 28.3 Å². The van der Waals surface area contributed by atoms with E-state index in [2.05, 4.69) is 5.32 Å². The summed E-state index contributed by atoms with van der Waals surface area (Å²) in [6.07, 6.45) is 0. The second-order valence-electron chi connectivity index (χ2n) is 6.66. The Morgan fingerprint density at radius 1 is 1.00 bits per heavy atom. The SMILES string of the molecule is CCOC(=O)c1ccc(NCc2cc(OC)c(OCc3cccc(Cl)c3)cc2Cl)cc1. The van der Waals surface area contributed by atoms with Gasteiger partial charge in [-0.05, 0) is 60.5 Å². The second-order valence-corrected chi connectivity index (χ2v) is 7.51. The zero-order chi connectivity index (χ0) is 22.2. The van der Waals surface area contributed by atoms with Gasteiger partial charge in [0.25, 0.3) is 0 Å². The maximum absolute atomic E-state index is 11.8. The minimum atomic E-state index is -0.338. The van der Waals surface area contributed by atoms with E-state index in [1.807, 2.05) is 42.5 Å². The molecule has 3 aromatic carbocycles. The number of hydrogen-bond acceptors (Lipinski definition) is 5. The number of methoxy groups -OCH3 is 1. The zero-order valence-corrected chi connectivity index (χ0v) is 18.8. The topological polar surface area (TPSA) is 56.8 Å². The van der Waals surface area contributed by atoms with Crippen molar-refractivity contribution >= 4 is 34.9 Å². The number of rotatable bonds is 9. The zero-order valence-electron chi connectivity index (χ0n) is 17.3. The summed E-state index contributed by atoms with van der Waals surface area (Å²) >= 11 is 12.5. The number of ether oxygens (including phenoxy) is 3. The molecule has 0 spiro atoms. The van der Waals surface area contributed by atoms with E-state index < -0.39 is 0 Å². The minimum Gasteiger partial charge on any atom is -0.493 e. The van der Waals surface area contributed by atoms with Gasteiger partial charge in [0.15, 0.2) is 11.5 Å². The van der Waals surface area contributed by atoms with Crippen LogP contribution in [0.2, 0.25) is 10.0 Å². The monoisotopic (exact) mass is 459 g/mol. The Morgan fingerprint density at radius 3 is 2.45 bits per heavy atom. The van der Waals surface area contributed by atoms with Crippen LogP contribution in [0.1, 0.15) is 28.4 Å². The van der Waals surface area contributed by atoms with Crippen LogP contribution >= 0.6 is 23.2 Å². The van der Waals surface area contributed by atoms with E-state index in [9.17, 15) is 4.79 Å². The Balaban J connectivity index is 1.66. The molecule has 0 atom stereocenters. The number of carbonyl (C=O) groups excluding carboxylic acids is 1. The van der Waals surface area contributed by atoms with Crippen molar-refractivity contribution in [3.8, 4) is 11.5 Å². The fourth-order valence-corrected chi connectivity index (χ4v) is 3.34. The lowest BCUT2D eigenvalue weighted by atomic mass is 10.1. The van der Waals surface area contributed by atoms with Crippen LogP contribution in [0, 0.1) is 0 Å². The molecule has 162 valence electrons. The normalized spacial score (nSPS) is 10.5. The lowest BCUT2D eigenvalue weighted by Crippen LogP contribution is -2.05. The summed E-state index contributed by atoms with van der Waals surface area (Å²) in [6, 6.07) is 18.1. The van der Waals surface area contributed by atoms with Crippen LogP contribution in [-0.4, -0.2) is 19.7 Å². The highest BCUT2D eigenvalue weighted by atomic mass is 35.5. The van der Waals surface area contributed by atoms with Crippen LogP contribution in [0.5, 0.6) is 11.5 Å². The molecule has 0 fully saturated rings. The molecule has 5 nitrogen and oxygen atoms in total. The molecule has 0 amide bonds. The average Bonchev–Trinajstić information content (AvgIpc) is 2.77. The summed E-state index contributed by atoms with van der Waals surface area (Å²) in [5, 5.41) is 4.50. The largest absolute Gasteiger partial charge is 0.493 e. The quantitative estimate of drug-likeness (QED) is 0.376. The van der Waals surface area contributed by atoms with Gasteiger partial charge < -0.3 is 19.5 Å². The molecular formula is C24H23Cl2NO4. The van der Waals surface area contributed by atoms with Crippen molar-refractivity contribution in [1.82, 2.24) is 0 Å². The van der Waals surface area contributed by atoms with Crippen molar-refractivity contribution in [3.63, 3.8) is 0 Å². The van der Waals surface area contributed by atoms with Crippen molar-refractivity contribution < 1.29 is 19.0 Å². The Kier molecular flexibility index (Phi) is 8.04. The number of halogens is 2. The first kappa shape index (κ1) is 22.8. The van der Waals surface area contributed by atoms with Gasteiger partial charge in [-0.25, -0.2) is 4.79 Å². The van der Waals surface area contributed by atoms with E-state index in [1.54, 1.807) is 32.2 Å². The van der Waals surface area contributed by atoms with Crippen molar-refractivity contribution in [2.75, 3.05) is 19.0 Å². The molecule has 0 saturated carbocycles. The molecule has 7 heteroatoms. The molecule has 0 aliphatic rings. The molecule has 0 unspecified atom stereocenters. The lowest BCUT2D eigenvalue weighted by Gasteiger charge is -2.15. The van der Waals surface area contributed by atoms with Crippen LogP contribution in [0.15, 0.2) is 60.7 Å². The molecule has 3 aromatic rings. The van der Waals surface area contributed by atoms with Crippen molar-refractivity contribution in [1.29, 1.82) is 0 Å². The fourth-order valence-electron chi connectivity index (χ4n) is 2.91. The minimum absolute atomic E-state index is 0.338. The molecular weight excluding hydrogens is 437 g/mol. The smallest absolute Gasteiger partial charge is 0.338 e. The van der Waals surface area contributed by atoms with E-state index in [4.69, 9.17) is 37.4 Å². The van der Waals surface area contributed by atoms with Gasteiger partial charge in [-0.2, -0.15) is 0 Å². The van der Waals surface area contributed by atoms with Gasteiger partial charge in [0.05, 0.1) is 19.3 Å². The van der Waals surface area contributed by atoms with Gasteiger partial charge in [-0.1, -0.05) is 35.3 Å². The third-order valence-corrected chi connectivity index (χ3v) is 5.08. The van der Waals surface area contributed by atoms with Gasteiger partial charge >= 0.3 is 5.97 Å². The van der Waals surface area contributed by atoms with Gasteiger partial charge in [0.1, 0.15) is 6.61 Å². The van der Waals surface area contributed by atoms with Crippen molar-refractivity contribution in [2.24, 2.45) is 0 Å². The van der Waals surface area contributed by atoms with E-state index in [0.29, 0.717) is 46.9 Å². The second kappa shape index (κ2) is 10.9. The fraction of sp³-hybridized carbons (Fsp3) is 0.208. The molecule has 0 saturated heterocycles. The van der Waals surface area contributed by atoms with Gasteiger partial charge in [-0.3, -0.25) is 0 Å². The number of anilines is 1. The summed E-state index contributed by atoms with van der Waals surface area (Å²) in [6.45, 7) is 2.94. The Bertz CT molecular complexity index is 1040. The summed E-state index contributed by atoms with van der Waals surface area (Å²) in [5.74, 6) is 0.797. The summed E-state index contributed by atoms with van der Waals surface area (Å²) in [5.41, 5.74) is 3.16. The summed E-state index contributed by atoms with van der Waals surface area (Å²) < 4.78 is 16.4. The number of hydrogen-bond donors (Lipinski definition) is 1. The predicted octanol–water partition coefficient (Wildman–Crippen LogP) is 6.37. The highest BCUT2D eigenvalue weighted by molar-refractivity contribution is 6.31. The Hall–Kier alpha value is -2.89. The summed E-state index contributed by atoms with van der Waals surface area (Å²) in [4.78, 5) is 11.8. The highest BCUT2D eigenvalue weighted by Crippen LogP contribution is 2.34. The number of carbonyl (C=O) groups is 1. The lowest BCUT2D eigenvalue weighted by molar-refractivity contribution is 0.0526. The number of benzene rings is 3. The number of esters is 1. The van der Waals surface area contributed by atoms with Crippen molar-refractivity contribution in [3.05, 3.63) is 87.4 Å². The standard InChI is InChI=1S/C24H23Cl2NO4/c1-3-30-24(28)17-7-9-20(10-8-17)27-14-18-12-22(29-2)23(13-21(18)26)31-15-16-5-4-6-19(25)11-16/h4-13,27H,3,14-15H2,1-2H3.